The number of rotatable bonds is 6. The normalized spacial score (nSPS) is 16.9. The zero-order valence-electron chi connectivity index (χ0n) is 19.5. The molecule has 1 aliphatic rings. The summed E-state index contributed by atoms with van der Waals surface area (Å²) in [6, 6.07) is 11.0. The van der Waals surface area contributed by atoms with Gasteiger partial charge in [-0.15, -0.1) is 0 Å². The van der Waals surface area contributed by atoms with E-state index in [1.54, 1.807) is 16.8 Å². The van der Waals surface area contributed by atoms with Gasteiger partial charge < -0.3 is 20.4 Å². The maximum Gasteiger partial charge on any atom is 0.284 e. The zero-order valence-corrected chi connectivity index (χ0v) is 19.5. The second kappa shape index (κ2) is 8.79. The van der Waals surface area contributed by atoms with Crippen molar-refractivity contribution in [1.29, 1.82) is 0 Å². The highest BCUT2D eigenvalue weighted by Crippen LogP contribution is 2.27. The van der Waals surface area contributed by atoms with Gasteiger partial charge in [0, 0.05) is 48.7 Å². The lowest BCUT2D eigenvalue weighted by Crippen LogP contribution is -2.54. The molecule has 1 atom stereocenters. The molecule has 34 heavy (non-hydrogen) atoms. The van der Waals surface area contributed by atoms with Crippen molar-refractivity contribution in [3.05, 3.63) is 54.9 Å². The van der Waals surface area contributed by atoms with Gasteiger partial charge in [0.1, 0.15) is 12.6 Å². The van der Waals surface area contributed by atoms with Crippen molar-refractivity contribution in [2.75, 3.05) is 29.9 Å². The highest BCUT2D eigenvalue weighted by Gasteiger charge is 2.25. The molecule has 1 saturated heterocycles. The number of amides is 1. The van der Waals surface area contributed by atoms with E-state index in [0.29, 0.717) is 34.8 Å². The molecule has 1 fully saturated rings. The lowest BCUT2D eigenvalue weighted by atomic mass is 10.1. The van der Waals surface area contributed by atoms with Gasteiger partial charge in [0.2, 0.25) is 0 Å². The first kappa shape index (κ1) is 21.9. The number of benzene rings is 1. The maximum absolute atomic E-state index is 11.4. The Bertz CT molecular complexity index is 1310. The molecule has 1 unspecified atom stereocenters. The quantitative estimate of drug-likeness (QED) is 0.451. The Morgan fingerprint density at radius 1 is 1.21 bits per heavy atom. The number of nitrogens with zero attached hydrogens (tertiary/aromatic N) is 6. The third-order valence-electron chi connectivity index (χ3n) is 6.28. The fourth-order valence-corrected chi connectivity index (χ4v) is 4.57. The van der Waals surface area contributed by atoms with Crippen molar-refractivity contribution in [2.45, 2.75) is 32.9 Å². The van der Waals surface area contributed by atoms with Crippen LogP contribution in [0.4, 0.5) is 17.2 Å². The predicted octanol–water partition coefficient (Wildman–Crippen LogP) is 3.15. The first-order valence-electron chi connectivity index (χ1n) is 11.4. The summed E-state index contributed by atoms with van der Waals surface area (Å²) < 4.78 is 6.88. The number of fused-ring (bicyclic) bond motifs is 1. The minimum absolute atomic E-state index is 0.0746. The summed E-state index contributed by atoms with van der Waals surface area (Å²) in [4.78, 5) is 25.2. The fourth-order valence-electron chi connectivity index (χ4n) is 4.57. The number of piperazine rings is 1. The Hall–Kier alpha value is -3.92. The van der Waals surface area contributed by atoms with Gasteiger partial charge in [-0.25, -0.2) is 14.5 Å². The summed E-state index contributed by atoms with van der Waals surface area (Å²) in [6.07, 6.45) is 4.57. The summed E-state index contributed by atoms with van der Waals surface area (Å²) in [7, 11) is 0. The van der Waals surface area contributed by atoms with Crippen LogP contribution in [0.25, 0.3) is 16.9 Å². The monoisotopic (exact) mass is 460 g/mol. The van der Waals surface area contributed by atoms with Crippen LogP contribution >= 0.6 is 0 Å². The van der Waals surface area contributed by atoms with Crippen LogP contribution < -0.4 is 16.0 Å². The average Bonchev–Trinajstić information content (AvgIpc) is 3.50. The number of anilines is 3. The molecular weight excluding hydrogens is 432 g/mol. The summed E-state index contributed by atoms with van der Waals surface area (Å²) in [5.74, 6) is 0.0180. The van der Waals surface area contributed by atoms with Crippen LogP contribution in [0.2, 0.25) is 0 Å². The van der Waals surface area contributed by atoms with E-state index in [0.717, 1.165) is 25.3 Å². The van der Waals surface area contributed by atoms with E-state index in [4.69, 9.17) is 10.2 Å². The molecule has 4 aromatic rings. The maximum atomic E-state index is 11.4. The number of furan rings is 1. The van der Waals surface area contributed by atoms with Crippen LogP contribution in [-0.2, 0) is 0 Å². The molecule has 0 radical (unpaired) electrons. The standard InChI is InChI=1S/C24H28N8O2/c1-15(2)31-9-8-30(12-16(31)3)19-6-4-18(5-7-19)29-23-24-27-14-28-32(24)20(11-26-23)17-10-21(22(25)33)34-13-17/h4-7,10-11,13-16H,8-9,12H2,1-3H3,(H2,25,33)(H,26,29). The first-order valence-corrected chi connectivity index (χ1v) is 11.4. The molecule has 0 bridgehead atoms. The van der Waals surface area contributed by atoms with E-state index in [9.17, 15) is 4.79 Å². The van der Waals surface area contributed by atoms with Crippen LogP contribution in [0.1, 0.15) is 31.3 Å². The third kappa shape index (κ3) is 4.08. The average molecular weight is 461 g/mol. The van der Waals surface area contributed by atoms with Gasteiger partial charge in [0.25, 0.3) is 5.91 Å². The van der Waals surface area contributed by atoms with Crippen molar-refractivity contribution < 1.29 is 9.21 Å². The number of carbonyl (C=O) groups excluding carboxylic acids is 1. The molecule has 1 amide bonds. The van der Waals surface area contributed by atoms with Crippen LogP contribution in [0.5, 0.6) is 0 Å². The Morgan fingerprint density at radius 2 is 2.00 bits per heavy atom. The van der Waals surface area contributed by atoms with Gasteiger partial charge in [0.15, 0.2) is 17.2 Å². The summed E-state index contributed by atoms with van der Waals surface area (Å²) in [6.45, 7) is 9.90. The molecule has 4 heterocycles. The van der Waals surface area contributed by atoms with E-state index in [1.165, 1.54) is 18.3 Å². The molecule has 0 spiro atoms. The van der Waals surface area contributed by atoms with E-state index in [2.05, 4.69) is 63.1 Å². The number of nitrogens with one attached hydrogen (secondary N) is 1. The van der Waals surface area contributed by atoms with Crippen LogP contribution in [0, 0.1) is 0 Å². The van der Waals surface area contributed by atoms with Crippen LogP contribution in [0.15, 0.2) is 53.5 Å². The predicted molar refractivity (Wildman–Crippen MR) is 130 cm³/mol. The smallest absolute Gasteiger partial charge is 0.284 e. The van der Waals surface area contributed by atoms with Gasteiger partial charge in [-0.1, -0.05) is 0 Å². The van der Waals surface area contributed by atoms with Gasteiger partial charge in [0.05, 0.1) is 11.9 Å². The zero-order chi connectivity index (χ0) is 23.8. The molecule has 10 nitrogen and oxygen atoms in total. The molecular formula is C24H28N8O2. The number of nitrogens with two attached hydrogens (primary N) is 1. The lowest BCUT2D eigenvalue weighted by molar-refractivity contribution is 0.0974. The van der Waals surface area contributed by atoms with E-state index < -0.39 is 5.91 Å². The number of primary amides is 1. The second-order valence-corrected chi connectivity index (χ2v) is 8.85. The van der Waals surface area contributed by atoms with E-state index in [1.807, 2.05) is 12.1 Å². The second-order valence-electron chi connectivity index (χ2n) is 8.85. The third-order valence-corrected chi connectivity index (χ3v) is 6.28. The van der Waals surface area contributed by atoms with Gasteiger partial charge in [-0.2, -0.15) is 5.10 Å². The number of hydrogen-bond donors (Lipinski definition) is 2. The fraction of sp³-hybridized carbons (Fsp3) is 0.333. The Kier molecular flexibility index (Phi) is 5.66. The van der Waals surface area contributed by atoms with Crippen LogP contribution in [-0.4, -0.2) is 62.1 Å². The number of hydrogen-bond acceptors (Lipinski definition) is 8. The Morgan fingerprint density at radius 3 is 2.68 bits per heavy atom. The van der Waals surface area contributed by atoms with Gasteiger partial charge in [-0.3, -0.25) is 9.69 Å². The van der Waals surface area contributed by atoms with E-state index >= 15 is 0 Å². The van der Waals surface area contributed by atoms with Crippen molar-refractivity contribution in [1.82, 2.24) is 24.5 Å². The molecule has 3 N–H and O–H groups in total. The molecule has 3 aromatic heterocycles. The highest BCUT2D eigenvalue weighted by molar-refractivity contribution is 5.91. The SMILES string of the molecule is CC(C)N1CCN(c2ccc(Nc3ncc(-c4coc(C(N)=O)c4)n4ncnc34)cc2)CC1C. The van der Waals surface area contributed by atoms with Crippen molar-refractivity contribution in [2.24, 2.45) is 5.73 Å². The van der Waals surface area contributed by atoms with Crippen molar-refractivity contribution >= 4 is 28.7 Å². The highest BCUT2D eigenvalue weighted by atomic mass is 16.3. The van der Waals surface area contributed by atoms with Gasteiger partial charge in [-0.05, 0) is 51.1 Å². The van der Waals surface area contributed by atoms with Gasteiger partial charge >= 0.3 is 0 Å². The number of carbonyl (C=O) groups is 1. The van der Waals surface area contributed by atoms with Crippen LogP contribution in [0.3, 0.4) is 0 Å². The summed E-state index contributed by atoms with van der Waals surface area (Å²) >= 11 is 0. The molecule has 10 heteroatoms. The molecule has 0 saturated carbocycles. The van der Waals surface area contributed by atoms with Crippen molar-refractivity contribution in [3.8, 4) is 11.3 Å². The Balaban J connectivity index is 1.34. The number of aromatic nitrogens is 4. The molecule has 0 aliphatic carbocycles. The summed E-state index contributed by atoms with van der Waals surface area (Å²) in [5, 5.41) is 7.65. The molecule has 1 aromatic carbocycles. The molecule has 1 aliphatic heterocycles. The summed E-state index contributed by atoms with van der Waals surface area (Å²) in [5.41, 5.74) is 9.24. The molecule has 5 rings (SSSR count). The minimum atomic E-state index is -0.632. The first-order chi connectivity index (χ1) is 16.4. The lowest BCUT2D eigenvalue weighted by Gasteiger charge is -2.43. The van der Waals surface area contributed by atoms with E-state index in [-0.39, 0.29) is 5.76 Å². The van der Waals surface area contributed by atoms with Crippen molar-refractivity contribution in [3.63, 3.8) is 0 Å². The minimum Gasteiger partial charge on any atom is -0.458 e. The Labute approximate surface area is 197 Å². The topological polar surface area (TPSA) is 118 Å². The largest absolute Gasteiger partial charge is 0.458 e. The molecule has 176 valence electrons.